The number of hydrogen-bond acceptors (Lipinski definition) is 3. The van der Waals surface area contributed by atoms with Gasteiger partial charge in [0.15, 0.2) is 0 Å². The molecule has 0 aliphatic rings. The number of alkyl halides is 3. The first-order chi connectivity index (χ1) is 12.1. The minimum Gasteiger partial charge on any atom is -0.316 e. The normalized spacial score (nSPS) is 11.8. The van der Waals surface area contributed by atoms with Crippen LogP contribution in [0.4, 0.5) is 33.5 Å². The first kappa shape index (κ1) is 18.5. The van der Waals surface area contributed by atoms with Gasteiger partial charge in [-0.05, 0) is 59.0 Å². The molecule has 26 heavy (non-hydrogen) atoms. The number of nitrogens with one attached hydrogen (secondary N) is 1. The van der Waals surface area contributed by atoms with Crippen LogP contribution in [0.5, 0.6) is 0 Å². The Morgan fingerprint density at radius 1 is 1.08 bits per heavy atom. The highest BCUT2D eigenvalue weighted by Gasteiger charge is 2.33. The number of rotatable bonds is 3. The number of halogens is 6. The highest BCUT2D eigenvalue weighted by molar-refractivity contribution is 14.1. The average molecular weight is 481 g/mol. The lowest BCUT2D eigenvalue weighted by molar-refractivity contribution is -0.118. The second-order valence-electron chi connectivity index (χ2n) is 5.38. The van der Waals surface area contributed by atoms with Crippen molar-refractivity contribution >= 4 is 45.0 Å². The van der Waals surface area contributed by atoms with Crippen LogP contribution in [0.2, 0.25) is 0 Å². The molecule has 1 aromatic heterocycles. The number of fused-ring (bicyclic) bond motifs is 1. The van der Waals surface area contributed by atoms with Crippen LogP contribution in [0.25, 0.3) is 10.9 Å². The Morgan fingerprint density at radius 3 is 2.46 bits per heavy atom. The van der Waals surface area contributed by atoms with Gasteiger partial charge in [0.1, 0.15) is 24.0 Å². The number of anilines is 2. The number of benzene rings is 2. The minimum absolute atomic E-state index is 0.0341. The molecular weight excluding hydrogens is 472 g/mol. The molecule has 1 heterocycles. The van der Waals surface area contributed by atoms with Crippen molar-refractivity contribution in [1.82, 2.24) is 9.97 Å². The summed E-state index contributed by atoms with van der Waals surface area (Å²) in [5.41, 5.74) is -0.951. The summed E-state index contributed by atoms with van der Waals surface area (Å²) in [5.74, 6) is -1.88. The molecule has 0 spiro atoms. The van der Waals surface area contributed by atoms with Gasteiger partial charge in [0.25, 0.3) is 0 Å². The summed E-state index contributed by atoms with van der Waals surface area (Å²) >= 11 is 1.75. The second kappa shape index (κ2) is 6.82. The largest absolute Gasteiger partial charge is 0.406 e. The lowest BCUT2D eigenvalue weighted by Crippen LogP contribution is -2.32. The van der Waals surface area contributed by atoms with Crippen molar-refractivity contribution in [3.8, 4) is 0 Å². The van der Waals surface area contributed by atoms with E-state index in [2.05, 4.69) is 9.97 Å². The maximum absolute atomic E-state index is 13.7. The van der Waals surface area contributed by atoms with E-state index in [1.807, 2.05) is 0 Å². The van der Waals surface area contributed by atoms with E-state index in [1.165, 1.54) is 12.1 Å². The molecule has 3 aromatic rings. The van der Waals surface area contributed by atoms with Gasteiger partial charge >= 0.3 is 11.9 Å². The van der Waals surface area contributed by atoms with Crippen LogP contribution < -0.4 is 10.6 Å². The van der Waals surface area contributed by atoms with Crippen molar-refractivity contribution in [2.45, 2.75) is 6.18 Å². The fraction of sp³-hybridized carbons (Fsp3) is 0.125. The van der Waals surface area contributed by atoms with Gasteiger partial charge in [0.05, 0.1) is 5.52 Å². The van der Waals surface area contributed by atoms with E-state index in [1.54, 1.807) is 22.6 Å². The predicted octanol–water partition coefficient (Wildman–Crippen LogP) is 4.51. The molecule has 0 atom stereocenters. The van der Waals surface area contributed by atoms with Gasteiger partial charge in [0, 0.05) is 14.6 Å². The lowest BCUT2D eigenvalue weighted by atomic mass is 10.2. The van der Waals surface area contributed by atoms with Gasteiger partial charge in [-0.2, -0.15) is 18.2 Å². The van der Waals surface area contributed by atoms with Gasteiger partial charge in [0.2, 0.25) is 0 Å². The van der Waals surface area contributed by atoms with E-state index >= 15 is 0 Å². The third kappa shape index (κ3) is 4.11. The van der Waals surface area contributed by atoms with Crippen LogP contribution in [0, 0.1) is 15.2 Å². The third-order valence-corrected chi connectivity index (χ3v) is 4.05. The highest BCUT2D eigenvalue weighted by Crippen LogP contribution is 2.33. The van der Waals surface area contributed by atoms with Gasteiger partial charge in [-0.3, -0.25) is 0 Å². The number of aromatic nitrogens is 2. The maximum Gasteiger partial charge on any atom is 0.406 e. The number of H-pyrrole nitrogens is 1. The van der Waals surface area contributed by atoms with Crippen LogP contribution in [0.1, 0.15) is 0 Å². The topological polar surface area (TPSA) is 49.0 Å². The van der Waals surface area contributed by atoms with Crippen LogP contribution in [0.15, 0.2) is 41.2 Å². The fourth-order valence-electron chi connectivity index (χ4n) is 2.48. The number of hydrogen-bond donors (Lipinski definition) is 1. The summed E-state index contributed by atoms with van der Waals surface area (Å²) in [6, 6.07) is 6.57. The molecule has 3 rings (SSSR count). The number of aromatic amines is 1. The molecule has 0 fully saturated rings. The second-order valence-corrected chi connectivity index (χ2v) is 6.63. The molecule has 0 unspecified atom stereocenters. The zero-order valence-electron chi connectivity index (χ0n) is 12.7. The van der Waals surface area contributed by atoms with Crippen molar-refractivity contribution in [2.75, 3.05) is 11.4 Å². The summed E-state index contributed by atoms with van der Waals surface area (Å²) in [4.78, 5) is 18.3. The minimum atomic E-state index is -4.68. The van der Waals surface area contributed by atoms with E-state index in [-0.39, 0.29) is 16.6 Å². The van der Waals surface area contributed by atoms with Crippen molar-refractivity contribution in [3.05, 3.63) is 62.1 Å². The highest BCUT2D eigenvalue weighted by atomic mass is 127. The van der Waals surface area contributed by atoms with Crippen molar-refractivity contribution in [1.29, 1.82) is 0 Å². The van der Waals surface area contributed by atoms with E-state index in [0.717, 1.165) is 24.3 Å². The molecule has 0 aliphatic carbocycles. The van der Waals surface area contributed by atoms with Gasteiger partial charge in [-0.25, -0.2) is 13.6 Å². The molecule has 0 saturated carbocycles. The van der Waals surface area contributed by atoms with Crippen molar-refractivity contribution in [2.24, 2.45) is 0 Å². The lowest BCUT2D eigenvalue weighted by Gasteiger charge is -2.26. The number of nitrogens with zero attached hydrogens (tertiary/aromatic N) is 2. The standard InChI is InChI=1S/C16H9F5IN3O/c17-8-1-2-13-12(5-8)14(24-15(26)23-13)25(7-16(19,20)21)11-4-9(18)3-10(22)6-11/h1-6H,7H2,(H,23,24,26). The maximum atomic E-state index is 13.7. The molecule has 0 saturated heterocycles. The molecule has 4 nitrogen and oxygen atoms in total. The smallest absolute Gasteiger partial charge is 0.316 e. The third-order valence-electron chi connectivity index (χ3n) is 3.42. The Morgan fingerprint density at radius 2 is 1.81 bits per heavy atom. The summed E-state index contributed by atoms with van der Waals surface area (Å²) in [7, 11) is 0. The molecule has 136 valence electrons. The zero-order chi connectivity index (χ0) is 19.1. The predicted molar refractivity (Wildman–Crippen MR) is 94.5 cm³/mol. The zero-order valence-corrected chi connectivity index (χ0v) is 14.9. The molecule has 0 radical (unpaired) electrons. The fourth-order valence-corrected chi connectivity index (χ4v) is 3.10. The monoisotopic (exact) mass is 481 g/mol. The molecule has 0 aliphatic heterocycles. The van der Waals surface area contributed by atoms with Crippen LogP contribution in [0.3, 0.4) is 0 Å². The van der Waals surface area contributed by atoms with E-state index < -0.39 is 35.9 Å². The first-order valence-electron chi connectivity index (χ1n) is 7.12. The average Bonchev–Trinajstić information content (AvgIpc) is 2.50. The quantitative estimate of drug-likeness (QED) is 0.443. The van der Waals surface area contributed by atoms with E-state index in [4.69, 9.17) is 0 Å². The summed E-state index contributed by atoms with van der Waals surface area (Å²) < 4.78 is 67.1. The Hall–Kier alpha value is -2.24. The molecular formula is C16H9F5IN3O. The van der Waals surface area contributed by atoms with Gasteiger partial charge in [-0.15, -0.1) is 0 Å². The Bertz CT molecular complexity index is 1010. The van der Waals surface area contributed by atoms with Crippen LogP contribution >= 0.6 is 22.6 Å². The van der Waals surface area contributed by atoms with Gasteiger partial charge < -0.3 is 9.88 Å². The van der Waals surface area contributed by atoms with Crippen molar-refractivity contribution in [3.63, 3.8) is 0 Å². The Kier molecular flexibility index (Phi) is 4.86. The Labute approximate surface area is 156 Å². The Balaban J connectivity index is 2.30. The molecule has 10 heteroatoms. The summed E-state index contributed by atoms with van der Waals surface area (Å²) in [5, 5.41) is -0.0341. The molecule has 0 bridgehead atoms. The van der Waals surface area contributed by atoms with E-state index in [9.17, 15) is 26.7 Å². The SMILES string of the molecule is O=c1nc(N(CC(F)(F)F)c2cc(F)cc(I)c2)c2cc(F)ccc2[nH]1. The molecule has 2 aromatic carbocycles. The van der Waals surface area contributed by atoms with Crippen molar-refractivity contribution < 1.29 is 22.0 Å². The summed E-state index contributed by atoms with van der Waals surface area (Å²) in [6.07, 6.45) is -4.68. The van der Waals surface area contributed by atoms with E-state index in [0.29, 0.717) is 8.47 Å². The molecule has 1 N–H and O–H groups in total. The first-order valence-corrected chi connectivity index (χ1v) is 8.20. The van der Waals surface area contributed by atoms with Gasteiger partial charge in [-0.1, -0.05) is 0 Å². The summed E-state index contributed by atoms with van der Waals surface area (Å²) in [6.45, 7) is -1.53. The molecule has 0 amide bonds. The van der Waals surface area contributed by atoms with Crippen LogP contribution in [-0.4, -0.2) is 22.7 Å². The van der Waals surface area contributed by atoms with Crippen LogP contribution in [-0.2, 0) is 0 Å².